The summed E-state index contributed by atoms with van der Waals surface area (Å²) < 4.78 is 0. The molecule has 7 atom stereocenters. The predicted octanol–water partition coefficient (Wildman–Crippen LogP) is 6.66. The molecule has 0 spiro atoms. The van der Waals surface area contributed by atoms with Gasteiger partial charge in [0.15, 0.2) is 0 Å². The molecule has 6 amide bonds. The number of carboxylic acid groups (broad SMARTS) is 1. The summed E-state index contributed by atoms with van der Waals surface area (Å²) in [5, 5.41) is 30.6. The highest BCUT2D eigenvalue weighted by Gasteiger charge is 2.34. The Balaban J connectivity index is 1.86. The second-order valence-corrected chi connectivity index (χ2v) is 23.0. The summed E-state index contributed by atoms with van der Waals surface area (Å²) in [5.41, 5.74) is 25.6. The van der Waals surface area contributed by atoms with Crippen LogP contribution in [0.5, 0.6) is 0 Å². The summed E-state index contributed by atoms with van der Waals surface area (Å²) in [7, 11) is 0. The average molecular weight is 1200 g/mol. The molecule has 16 N–H and O–H groups in total. The molecule has 0 saturated heterocycles. The Morgan fingerprint density at radius 2 is 0.581 bits per heavy atom. The van der Waals surface area contributed by atoms with Crippen molar-refractivity contribution in [3.05, 3.63) is 108 Å². The van der Waals surface area contributed by atoms with Crippen molar-refractivity contribution in [3.63, 3.8) is 0 Å². The second kappa shape index (κ2) is 46.9. The zero-order valence-electron chi connectivity index (χ0n) is 51.9. The average Bonchev–Trinajstić information content (AvgIpc) is 3.44. The van der Waals surface area contributed by atoms with Crippen molar-refractivity contribution in [2.45, 2.75) is 235 Å². The molecule has 3 rings (SSSR count). The molecule has 19 nitrogen and oxygen atoms in total. The first-order valence-electron chi connectivity index (χ1n) is 32.5. The lowest BCUT2D eigenvalue weighted by molar-refractivity contribution is -0.142. The van der Waals surface area contributed by atoms with E-state index in [1.165, 1.54) is 70.6 Å². The van der Waals surface area contributed by atoms with Gasteiger partial charge in [-0.05, 0) is 139 Å². The Morgan fingerprint density at radius 3 is 0.895 bits per heavy atom. The molecule has 19 heteroatoms. The summed E-state index contributed by atoms with van der Waals surface area (Å²) in [6.07, 6.45) is 22.4. The topological polar surface area (TPSA) is 328 Å². The predicted molar refractivity (Wildman–Crippen MR) is 343 cm³/mol. The number of amides is 6. The van der Waals surface area contributed by atoms with Crippen LogP contribution in [0.15, 0.2) is 91.0 Å². The molecular formula is C67H109N11O8. The van der Waals surface area contributed by atoms with Crippen LogP contribution in [-0.2, 0) is 52.8 Å². The monoisotopic (exact) mass is 1200 g/mol. The van der Waals surface area contributed by atoms with E-state index in [4.69, 9.17) is 22.9 Å². The van der Waals surface area contributed by atoms with Crippen LogP contribution < -0.4 is 60.2 Å². The van der Waals surface area contributed by atoms with Crippen molar-refractivity contribution in [1.29, 1.82) is 0 Å². The van der Waals surface area contributed by atoms with Gasteiger partial charge in [-0.25, -0.2) is 4.79 Å². The number of carbonyl (C=O) groups excluding carboxylic acids is 6. The lowest BCUT2D eigenvalue weighted by Gasteiger charge is -2.28. The van der Waals surface area contributed by atoms with E-state index in [2.05, 4.69) is 44.1 Å². The number of nitrogens with two attached hydrogens (primary N) is 4. The molecule has 0 aliphatic carbocycles. The van der Waals surface area contributed by atoms with Crippen LogP contribution in [0.1, 0.15) is 191 Å². The van der Waals surface area contributed by atoms with Crippen molar-refractivity contribution < 1.29 is 38.7 Å². The Morgan fingerprint density at radius 1 is 0.326 bits per heavy atom. The van der Waals surface area contributed by atoms with Crippen molar-refractivity contribution in [3.8, 4) is 0 Å². The number of hydrogen-bond donors (Lipinski definition) is 12. The Hall–Kier alpha value is -6.25. The molecule has 0 saturated carbocycles. The van der Waals surface area contributed by atoms with Gasteiger partial charge in [0, 0.05) is 12.8 Å². The van der Waals surface area contributed by atoms with E-state index in [1.54, 1.807) is 0 Å². The molecule has 0 radical (unpaired) electrons. The molecule has 480 valence electrons. The fourth-order valence-corrected chi connectivity index (χ4v) is 10.5. The number of unbranched alkanes of at least 4 members (excludes halogenated alkanes) is 17. The minimum absolute atomic E-state index is 0.0341. The highest BCUT2D eigenvalue weighted by atomic mass is 16.4. The maximum atomic E-state index is 14.9. The highest BCUT2D eigenvalue weighted by Crippen LogP contribution is 2.16. The van der Waals surface area contributed by atoms with E-state index in [9.17, 15) is 38.7 Å². The van der Waals surface area contributed by atoms with Crippen LogP contribution in [0, 0.1) is 0 Å². The van der Waals surface area contributed by atoms with E-state index in [-0.39, 0.29) is 44.4 Å². The molecule has 0 aliphatic heterocycles. The van der Waals surface area contributed by atoms with Gasteiger partial charge in [0.25, 0.3) is 0 Å². The molecule has 0 unspecified atom stereocenters. The second-order valence-electron chi connectivity index (χ2n) is 23.0. The fourth-order valence-electron chi connectivity index (χ4n) is 10.5. The minimum Gasteiger partial charge on any atom is -0.480 e. The van der Waals surface area contributed by atoms with Gasteiger partial charge in [-0.2, -0.15) is 0 Å². The SMILES string of the molecule is CCCCCCCCCCCCCCCCN[C@@H](Cc1ccccc1)C(=O)N[C@@H](Cc1ccccc1)C(=O)N[C@@H](Cc1ccccc1)C(=O)N[C@@H](CCCCN)C(=O)N[C@@H](CCCCN)C(=O)N[C@@H](CCCCN)C(=O)N[C@@H](CCCCN)C(=O)O. The maximum absolute atomic E-state index is 14.9. The molecule has 0 bridgehead atoms. The smallest absolute Gasteiger partial charge is 0.326 e. The third kappa shape index (κ3) is 32.5. The van der Waals surface area contributed by atoms with Crippen molar-refractivity contribution in [1.82, 2.24) is 37.2 Å². The number of hydrogen-bond acceptors (Lipinski definition) is 12. The zero-order valence-corrected chi connectivity index (χ0v) is 51.9. The number of carboxylic acids is 1. The quantitative estimate of drug-likeness (QED) is 0.0263. The van der Waals surface area contributed by atoms with Gasteiger partial charge in [-0.15, -0.1) is 0 Å². The molecule has 0 heterocycles. The third-order valence-corrected chi connectivity index (χ3v) is 15.7. The van der Waals surface area contributed by atoms with Gasteiger partial charge >= 0.3 is 5.97 Å². The van der Waals surface area contributed by atoms with Crippen LogP contribution in [-0.4, -0.2) is 122 Å². The van der Waals surface area contributed by atoms with Crippen LogP contribution in [0.3, 0.4) is 0 Å². The first kappa shape index (κ1) is 74.0. The zero-order chi connectivity index (χ0) is 62.4. The van der Waals surface area contributed by atoms with Crippen molar-refractivity contribution in [2.24, 2.45) is 22.9 Å². The Bertz CT molecular complexity index is 2320. The third-order valence-electron chi connectivity index (χ3n) is 15.7. The van der Waals surface area contributed by atoms with Gasteiger partial charge in [0.05, 0.1) is 6.04 Å². The van der Waals surface area contributed by atoms with Crippen LogP contribution in [0.2, 0.25) is 0 Å². The molecule has 0 aliphatic rings. The van der Waals surface area contributed by atoms with E-state index in [1.807, 2.05) is 91.0 Å². The Labute approximate surface area is 514 Å². The molecule has 86 heavy (non-hydrogen) atoms. The molecule has 3 aromatic carbocycles. The largest absolute Gasteiger partial charge is 0.480 e. The Kier molecular flexibility index (Phi) is 40.4. The first-order valence-corrected chi connectivity index (χ1v) is 32.5. The van der Waals surface area contributed by atoms with Gasteiger partial charge in [0.2, 0.25) is 35.4 Å². The van der Waals surface area contributed by atoms with Crippen LogP contribution in [0.25, 0.3) is 0 Å². The fraction of sp³-hybridized carbons (Fsp3) is 0.627. The van der Waals surface area contributed by atoms with Crippen molar-refractivity contribution >= 4 is 41.4 Å². The first-order chi connectivity index (χ1) is 41.8. The molecule has 3 aromatic rings. The van der Waals surface area contributed by atoms with Crippen LogP contribution in [0.4, 0.5) is 0 Å². The van der Waals surface area contributed by atoms with E-state index in [0.717, 1.165) is 36.0 Å². The summed E-state index contributed by atoms with van der Waals surface area (Å²) in [6.45, 7) is 4.21. The van der Waals surface area contributed by atoms with Crippen LogP contribution >= 0.6 is 0 Å². The number of benzene rings is 3. The van der Waals surface area contributed by atoms with E-state index >= 15 is 0 Å². The summed E-state index contributed by atoms with van der Waals surface area (Å²) in [6, 6.07) is 20.5. The number of nitrogens with one attached hydrogen (secondary N) is 7. The minimum atomic E-state index is -1.23. The van der Waals surface area contributed by atoms with E-state index in [0.29, 0.717) is 90.5 Å². The lowest BCUT2D eigenvalue weighted by atomic mass is 10.00. The molecular weight excluding hydrogens is 1090 g/mol. The van der Waals surface area contributed by atoms with Gasteiger partial charge in [0.1, 0.15) is 36.3 Å². The molecule has 0 fully saturated rings. The highest BCUT2D eigenvalue weighted by molar-refractivity contribution is 5.97. The molecule has 0 aromatic heterocycles. The summed E-state index contributed by atoms with van der Waals surface area (Å²) >= 11 is 0. The van der Waals surface area contributed by atoms with E-state index < -0.39 is 77.8 Å². The van der Waals surface area contributed by atoms with Gasteiger partial charge < -0.3 is 65.3 Å². The van der Waals surface area contributed by atoms with Gasteiger partial charge in [-0.3, -0.25) is 28.8 Å². The maximum Gasteiger partial charge on any atom is 0.326 e. The lowest BCUT2D eigenvalue weighted by Crippen LogP contribution is -2.60. The summed E-state index contributed by atoms with van der Waals surface area (Å²) in [4.78, 5) is 99.1. The number of aliphatic carboxylic acids is 1. The number of carbonyl (C=O) groups is 7. The van der Waals surface area contributed by atoms with Gasteiger partial charge in [-0.1, -0.05) is 181 Å². The number of rotatable bonds is 51. The standard InChI is InChI=1S/C67H109N11O8/c1-2-3-4-5-6-7-8-9-10-11-12-13-14-32-47-72-58(48-51-33-18-15-19-34-51)64(82)77-60(50-53-37-22-17-23-38-53)66(84)78-59(49-52-35-20-16-21-36-52)65(83)75-55(40-25-29-44-69)62(80)73-54(39-24-28-43-68)61(79)74-56(41-26-30-45-70)63(81)76-57(67(85)86)42-27-31-46-71/h15-23,33-38,54-60,72H,2-14,24-32,39-50,68-71H2,1H3,(H,73,80)(H,74,79)(H,75,83)(H,76,81)(H,77,82)(H,78,84)(H,85,86)/t54-,55-,56-,57-,58-,59-,60-/m0/s1. The summed E-state index contributed by atoms with van der Waals surface area (Å²) in [5.74, 6) is -4.89. The van der Waals surface area contributed by atoms with Crippen molar-refractivity contribution in [2.75, 3.05) is 32.7 Å². The normalized spacial score (nSPS) is 13.7.